The Balaban J connectivity index is 2.24. The summed E-state index contributed by atoms with van der Waals surface area (Å²) >= 11 is 0. The second-order valence-corrected chi connectivity index (χ2v) is 3.52. The number of rotatable bonds is 4. The Morgan fingerprint density at radius 3 is 1.81 bits per heavy atom. The van der Waals surface area contributed by atoms with E-state index in [0.717, 1.165) is 24.5 Å². The van der Waals surface area contributed by atoms with Gasteiger partial charge in [-0.25, -0.2) is 9.97 Å². The van der Waals surface area contributed by atoms with Gasteiger partial charge in [0.05, 0.1) is 12.4 Å². The van der Waals surface area contributed by atoms with Gasteiger partial charge in [-0.1, -0.05) is 13.8 Å². The van der Waals surface area contributed by atoms with Crippen molar-refractivity contribution in [2.45, 2.75) is 26.7 Å². The van der Waals surface area contributed by atoms with Gasteiger partial charge in [0, 0.05) is 12.8 Å². The summed E-state index contributed by atoms with van der Waals surface area (Å²) in [6, 6.07) is 0. The van der Waals surface area contributed by atoms with Gasteiger partial charge in [-0.3, -0.25) is 4.79 Å². The molecule has 5 nitrogen and oxygen atoms in total. The van der Waals surface area contributed by atoms with Crippen LogP contribution < -0.4 is 0 Å². The van der Waals surface area contributed by atoms with Gasteiger partial charge in [-0.15, -0.1) is 0 Å². The second-order valence-electron chi connectivity index (χ2n) is 3.52. The third-order valence-electron chi connectivity index (χ3n) is 2.42. The summed E-state index contributed by atoms with van der Waals surface area (Å²) in [4.78, 5) is 26.1. The molecule has 0 atom stereocenters. The average molecular weight is 218 g/mol. The van der Waals surface area contributed by atoms with Crippen LogP contribution in [0, 0.1) is 0 Å². The van der Waals surface area contributed by atoms with Gasteiger partial charge in [0.15, 0.2) is 0 Å². The summed E-state index contributed by atoms with van der Waals surface area (Å²) < 4.78 is 0. The number of hydrogen-bond acceptors (Lipinski definition) is 3. The average Bonchev–Trinajstić information content (AvgIpc) is 2.97. The maximum Gasteiger partial charge on any atom is 0.228 e. The molecule has 0 aromatic carbocycles. The van der Waals surface area contributed by atoms with E-state index >= 15 is 0 Å². The minimum atomic E-state index is -0.0978. The lowest BCUT2D eigenvalue weighted by atomic mass is 10.2. The molecule has 0 fully saturated rings. The molecule has 84 valence electrons. The largest absolute Gasteiger partial charge is 0.339 e. The molecule has 0 spiro atoms. The van der Waals surface area contributed by atoms with Gasteiger partial charge >= 0.3 is 0 Å². The van der Waals surface area contributed by atoms with Crippen LogP contribution in [-0.2, 0) is 12.8 Å². The predicted octanol–water partition coefficient (Wildman–Crippen LogP) is 1.49. The molecule has 0 aliphatic heterocycles. The summed E-state index contributed by atoms with van der Waals surface area (Å²) in [5, 5.41) is 0. The molecule has 0 bridgehead atoms. The molecular weight excluding hydrogens is 204 g/mol. The summed E-state index contributed by atoms with van der Waals surface area (Å²) in [5.41, 5.74) is 1.01. The van der Waals surface area contributed by atoms with E-state index in [1.807, 2.05) is 13.8 Å². The predicted molar refractivity (Wildman–Crippen MR) is 59.4 cm³/mol. The normalized spacial score (nSPS) is 10.6. The van der Waals surface area contributed by atoms with E-state index in [-0.39, 0.29) is 5.78 Å². The van der Waals surface area contributed by atoms with Crippen LogP contribution in [0.4, 0.5) is 0 Å². The number of aryl methyl sites for hydroxylation is 2. The summed E-state index contributed by atoms with van der Waals surface area (Å²) in [6.07, 6.45) is 4.70. The first kappa shape index (κ1) is 10.6. The minimum Gasteiger partial charge on any atom is -0.339 e. The fraction of sp³-hybridized carbons (Fsp3) is 0.364. The lowest BCUT2D eigenvalue weighted by Crippen LogP contribution is -2.02. The molecule has 0 aliphatic carbocycles. The van der Waals surface area contributed by atoms with Gasteiger partial charge in [-0.2, -0.15) is 0 Å². The first-order chi connectivity index (χ1) is 7.74. The topological polar surface area (TPSA) is 74.4 Å². The van der Waals surface area contributed by atoms with E-state index in [1.165, 1.54) is 0 Å². The minimum absolute atomic E-state index is 0.0978. The van der Waals surface area contributed by atoms with Crippen LogP contribution in [0.2, 0.25) is 0 Å². The third kappa shape index (κ3) is 1.88. The molecule has 0 aliphatic rings. The monoisotopic (exact) mass is 218 g/mol. The molecule has 0 unspecified atom stereocenters. The molecule has 0 saturated heterocycles. The summed E-state index contributed by atoms with van der Waals surface area (Å²) in [5.74, 6) is 1.54. The molecule has 5 heteroatoms. The van der Waals surface area contributed by atoms with Crippen LogP contribution in [0.15, 0.2) is 12.4 Å². The Kier molecular flexibility index (Phi) is 2.85. The van der Waals surface area contributed by atoms with E-state index < -0.39 is 0 Å². The van der Waals surface area contributed by atoms with E-state index in [2.05, 4.69) is 19.9 Å². The molecule has 16 heavy (non-hydrogen) atoms. The Bertz CT molecular complexity index is 453. The zero-order valence-electron chi connectivity index (χ0n) is 9.37. The van der Waals surface area contributed by atoms with Crippen molar-refractivity contribution in [2.75, 3.05) is 0 Å². The van der Waals surface area contributed by atoms with Crippen LogP contribution in [0.3, 0.4) is 0 Å². The highest BCUT2D eigenvalue weighted by Crippen LogP contribution is 2.06. The molecule has 2 N–H and O–H groups in total. The third-order valence-corrected chi connectivity index (χ3v) is 2.42. The smallest absolute Gasteiger partial charge is 0.228 e. The first-order valence-corrected chi connectivity index (χ1v) is 5.37. The van der Waals surface area contributed by atoms with Crippen molar-refractivity contribution in [3.63, 3.8) is 0 Å². The number of carbonyl (C=O) groups is 1. The zero-order valence-corrected chi connectivity index (χ0v) is 9.37. The van der Waals surface area contributed by atoms with Crippen molar-refractivity contribution >= 4 is 5.78 Å². The van der Waals surface area contributed by atoms with Gasteiger partial charge in [0.1, 0.15) is 23.0 Å². The van der Waals surface area contributed by atoms with Crippen molar-refractivity contribution in [3.8, 4) is 0 Å². The highest BCUT2D eigenvalue weighted by Gasteiger charge is 2.14. The maximum atomic E-state index is 12.0. The molecule has 0 radical (unpaired) electrons. The van der Waals surface area contributed by atoms with E-state index in [0.29, 0.717) is 11.4 Å². The quantitative estimate of drug-likeness (QED) is 0.763. The fourth-order valence-electron chi connectivity index (χ4n) is 1.46. The number of H-pyrrole nitrogens is 2. The van der Waals surface area contributed by atoms with Crippen LogP contribution >= 0.6 is 0 Å². The Labute approximate surface area is 93.3 Å². The number of aromatic amines is 2. The van der Waals surface area contributed by atoms with Crippen molar-refractivity contribution in [2.24, 2.45) is 0 Å². The Hall–Kier alpha value is -1.91. The zero-order chi connectivity index (χ0) is 11.5. The van der Waals surface area contributed by atoms with Crippen LogP contribution in [0.5, 0.6) is 0 Å². The molecule has 2 rings (SSSR count). The number of imidazole rings is 2. The van der Waals surface area contributed by atoms with E-state index in [4.69, 9.17) is 0 Å². The van der Waals surface area contributed by atoms with Crippen molar-refractivity contribution < 1.29 is 4.79 Å². The van der Waals surface area contributed by atoms with Gasteiger partial charge < -0.3 is 9.97 Å². The van der Waals surface area contributed by atoms with Crippen LogP contribution in [0.1, 0.15) is 41.7 Å². The van der Waals surface area contributed by atoms with Crippen molar-refractivity contribution in [1.29, 1.82) is 0 Å². The summed E-state index contributed by atoms with van der Waals surface area (Å²) in [6.45, 7) is 3.97. The number of nitrogens with one attached hydrogen (secondary N) is 2. The number of ketones is 1. The molecule has 2 heterocycles. The molecule has 0 amide bonds. The van der Waals surface area contributed by atoms with Crippen molar-refractivity contribution in [1.82, 2.24) is 19.9 Å². The lowest BCUT2D eigenvalue weighted by molar-refractivity contribution is 0.103. The van der Waals surface area contributed by atoms with Gasteiger partial charge in [-0.05, 0) is 0 Å². The second kappa shape index (κ2) is 4.30. The van der Waals surface area contributed by atoms with Crippen molar-refractivity contribution in [3.05, 3.63) is 35.4 Å². The number of carbonyl (C=O) groups excluding carboxylic acids is 1. The van der Waals surface area contributed by atoms with Crippen LogP contribution in [0.25, 0.3) is 0 Å². The Morgan fingerprint density at radius 2 is 1.50 bits per heavy atom. The van der Waals surface area contributed by atoms with E-state index in [1.54, 1.807) is 12.4 Å². The fourth-order valence-corrected chi connectivity index (χ4v) is 1.46. The summed E-state index contributed by atoms with van der Waals surface area (Å²) in [7, 11) is 0. The number of nitrogens with zero attached hydrogens (tertiary/aromatic N) is 2. The SMILES string of the molecule is CCc1ncc(C(=O)c2cnc(CC)[nH]2)[nH]1. The Morgan fingerprint density at radius 1 is 1.06 bits per heavy atom. The molecule has 0 saturated carbocycles. The molecular formula is C11H14N4O. The number of aromatic nitrogens is 4. The maximum absolute atomic E-state index is 12.0. The molecule has 2 aromatic heterocycles. The first-order valence-electron chi connectivity index (χ1n) is 5.37. The number of hydrogen-bond donors (Lipinski definition) is 2. The standard InChI is InChI=1S/C11H14N4O/c1-3-9-12-5-7(14-9)11(16)8-6-13-10(4-2)15-8/h5-6H,3-4H2,1-2H3,(H,12,14)(H,13,15). The lowest BCUT2D eigenvalue weighted by Gasteiger charge is -1.93. The van der Waals surface area contributed by atoms with Gasteiger partial charge in [0.2, 0.25) is 5.78 Å². The molecule has 2 aromatic rings. The highest BCUT2D eigenvalue weighted by atomic mass is 16.1. The highest BCUT2D eigenvalue weighted by molar-refractivity contribution is 6.06. The van der Waals surface area contributed by atoms with Gasteiger partial charge in [0.25, 0.3) is 0 Å². The van der Waals surface area contributed by atoms with Crippen LogP contribution in [-0.4, -0.2) is 25.7 Å². The van der Waals surface area contributed by atoms with E-state index in [9.17, 15) is 4.79 Å².